The van der Waals surface area contributed by atoms with Gasteiger partial charge in [-0.2, -0.15) is 0 Å². The zero-order valence-electron chi connectivity index (χ0n) is 4.74. The van der Waals surface area contributed by atoms with E-state index in [4.69, 9.17) is 11.1 Å². The fraction of sp³-hybridized carbons (Fsp3) is 0.750. The number of hydrogen-bond acceptors (Lipinski definition) is 1. The van der Waals surface area contributed by atoms with Crippen molar-refractivity contribution in [3.63, 3.8) is 0 Å². The van der Waals surface area contributed by atoms with Gasteiger partial charge in [0.1, 0.15) is 6.67 Å². The van der Waals surface area contributed by atoms with Gasteiger partial charge in [0.05, 0.1) is 6.04 Å². The highest BCUT2D eigenvalue weighted by atomic mass is 19.1. The third-order valence-electron chi connectivity index (χ3n) is 0.633. The number of rotatable bonds is 2. The number of alkyl halides is 1. The van der Waals surface area contributed by atoms with E-state index in [-0.39, 0.29) is 12.0 Å². The molecule has 0 aromatic carbocycles. The molecular weight excluding hydrogens is 109 g/mol. The molecule has 1 atom stereocenters. The van der Waals surface area contributed by atoms with Crippen molar-refractivity contribution < 1.29 is 4.39 Å². The molecule has 0 aliphatic rings. The Kier molecular flexibility index (Phi) is 2.91. The number of nitrogens with two attached hydrogens (primary N) is 1. The van der Waals surface area contributed by atoms with Gasteiger partial charge >= 0.3 is 0 Å². The largest absolute Gasteiger partial charge is 0.370 e. The molecule has 0 bridgehead atoms. The number of nitrogens with one attached hydrogen (secondary N) is 2. The smallest absolute Gasteiger partial charge is 0.186 e. The molecule has 0 aromatic heterocycles. The van der Waals surface area contributed by atoms with E-state index in [1.54, 1.807) is 6.92 Å². The van der Waals surface area contributed by atoms with Crippen molar-refractivity contribution in [3.8, 4) is 0 Å². The van der Waals surface area contributed by atoms with Crippen LogP contribution in [0.4, 0.5) is 4.39 Å². The third-order valence-corrected chi connectivity index (χ3v) is 0.633. The second kappa shape index (κ2) is 3.23. The lowest BCUT2D eigenvalue weighted by atomic mass is 10.4. The molecular formula is C4H10FN3. The molecule has 48 valence electrons. The normalized spacial score (nSPS) is 12.8. The van der Waals surface area contributed by atoms with Crippen molar-refractivity contribution in [1.29, 1.82) is 5.41 Å². The Morgan fingerprint density at radius 2 is 2.50 bits per heavy atom. The molecule has 8 heavy (non-hydrogen) atoms. The van der Waals surface area contributed by atoms with Crippen LogP contribution in [0, 0.1) is 5.41 Å². The van der Waals surface area contributed by atoms with E-state index in [9.17, 15) is 4.39 Å². The predicted octanol–water partition coefficient (Wildman–Crippen LogP) is -0.173. The highest BCUT2D eigenvalue weighted by Gasteiger charge is 1.97. The van der Waals surface area contributed by atoms with E-state index < -0.39 is 6.67 Å². The lowest BCUT2D eigenvalue weighted by Gasteiger charge is -2.06. The second-order valence-corrected chi connectivity index (χ2v) is 1.61. The summed E-state index contributed by atoms with van der Waals surface area (Å²) in [5.74, 6) is -0.185. The molecule has 3 nitrogen and oxygen atoms in total. The number of guanidine groups is 1. The monoisotopic (exact) mass is 119 g/mol. The minimum Gasteiger partial charge on any atom is -0.370 e. The molecule has 0 amide bonds. The van der Waals surface area contributed by atoms with Gasteiger partial charge in [0.25, 0.3) is 0 Å². The van der Waals surface area contributed by atoms with Crippen LogP contribution in [-0.4, -0.2) is 18.7 Å². The average Bonchev–Trinajstić information content (AvgIpc) is 1.65. The second-order valence-electron chi connectivity index (χ2n) is 1.61. The van der Waals surface area contributed by atoms with Gasteiger partial charge in [-0.3, -0.25) is 5.41 Å². The van der Waals surface area contributed by atoms with Gasteiger partial charge in [0.2, 0.25) is 0 Å². The minimum atomic E-state index is -0.500. The fourth-order valence-corrected chi connectivity index (χ4v) is 0.304. The lowest BCUT2D eigenvalue weighted by Crippen LogP contribution is -2.38. The van der Waals surface area contributed by atoms with Gasteiger partial charge in [0, 0.05) is 0 Å². The van der Waals surface area contributed by atoms with Gasteiger partial charge in [0.15, 0.2) is 5.96 Å². The van der Waals surface area contributed by atoms with Crippen molar-refractivity contribution in [3.05, 3.63) is 0 Å². The Labute approximate surface area is 47.6 Å². The Bertz CT molecular complexity index is 83.4. The highest BCUT2D eigenvalue weighted by molar-refractivity contribution is 5.74. The molecule has 4 N–H and O–H groups in total. The van der Waals surface area contributed by atoms with Crippen molar-refractivity contribution >= 4 is 5.96 Å². The standard InChI is InChI=1S/C4H10FN3/c1-3(2-5)8-4(6)7/h3H,2H2,1H3,(H4,6,7,8). The summed E-state index contributed by atoms with van der Waals surface area (Å²) in [7, 11) is 0. The Morgan fingerprint density at radius 1 is 2.00 bits per heavy atom. The van der Waals surface area contributed by atoms with Crippen molar-refractivity contribution in [2.24, 2.45) is 5.73 Å². The molecule has 4 heteroatoms. The summed E-state index contributed by atoms with van der Waals surface area (Å²) in [4.78, 5) is 0. The van der Waals surface area contributed by atoms with Crippen molar-refractivity contribution in [1.82, 2.24) is 5.32 Å². The molecule has 1 unspecified atom stereocenters. The van der Waals surface area contributed by atoms with E-state index in [1.165, 1.54) is 0 Å². The van der Waals surface area contributed by atoms with E-state index in [2.05, 4.69) is 5.32 Å². The summed E-state index contributed by atoms with van der Waals surface area (Å²) in [6, 6.07) is -0.340. The maximum absolute atomic E-state index is 11.5. The molecule has 0 aliphatic heterocycles. The van der Waals surface area contributed by atoms with E-state index in [0.717, 1.165) is 0 Å². The van der Waals surface area contributed by atoms with Gasteiger partial charge in [-0.1, -0.05) is 0 Å². The first-order chi connectivity index (χ1) is 3.66. The minimum absolute atomic E-state index is 0.185. The molecule has 0 heterocycles. The third kappa shape index (κ3) is 3.39. The van der Waals surface area contributed by atoms with Crippen LogP contribution < -0.4 is 11.1 Å². The topological polar surface area (TPSA) is 61.9 Å². The maximum Gasteiger partial charge on any atom is 0.186 e. The first-order valence-electron chi connectivity index (χ1n) is 2.33. The number of hydrogen-bond donors (Lipinski definition) is 3. The summed E-state index contributed by atoms with van der Waals surface area (Å²) in [5, 5.41) is 9.01. The van der Waals surface area contributed by atoms with Crippen LogP contribution in [0.3, 0.4) is 0 Å². The van der Waals surface area contributed by atoms with E-state index in [1.807, 2.05) is 0 Å². The molecule has 0 fully saturated rings. The zero-order valence-corrected chi connectivity index (χ0v) is 4.74. The van der Waals surface area contributed by atoms with Crippen LogP contribution in [0.15, 0.2) is 0 Å². The van der Waals surface area contributed by atoms with Crippen molar-refractivity contribution in [2.45, 2.75) is 13.0 Å². The van der Waals surface area contributed by atoms with Gasteiger partial charge in [-0.15, -0.1) is 0 Å². The summed E-state index contributed by atoms with van der Waals surface area (Å²) in [6.07, 6.45) is 0. The highest BCUT2D eigenvalue weighted by Crippen LogP contribution is 1.78. The summed E-state index contributed by atoms with van der Waals surface area (Å²) < 4.78 is 11.5. The van der Waals surface area contributed by atoms with E-state index in [0.29, 0.717) is 0 Å². The first kappa shape index (κ1) is 7.20. The Balaban J connectivity index is 3.24. The maximum atomic E-state index is 11.5. The molecule has 0 aliphatic carbocycles. The summed E-state index contributed by atoms with van der Waals surface area (Å²) >= 11 is 0. The first-order valence-corrected chi connectivity index (χ1v) is 2.33. The van der Waals surface area contributed by atoms with Gasteiger partial charge in [-0.25, -0.2) is 4.39 Å². The van der Waals surface area contributed by atoms with Crippen LogP contribution in [-0.2, 0) is 0 Å². The summed E-state index contributed by atoms with van der Waals surface area (Å²) in [5.41, 5.74) is 4.87. The molecule has 0 aromatic rings. The quantitative estimate of drug-likeness (QED) is 0.349. The van der Waals surface area contributed by atoms with Crippen LogP contribution in [0.5, 0.6) is 0 Å². The molecule has 0 radical (unpaired) electrons. The molecule has 0 saturated heterocycles. The van der Waals surface area contributed by atoms with Crippen LogP contribution in [0.1, 0.15) is 6.92 Å². The van der Waals surface area contributed by atoms with Gasteiger partial charge in [-0.05, 0) is 6.92 Å². The lowest BCUT2D eigenvalue weighted by molar-refractivity contribution is 0.424. The van der Waals surface area contributed by atoms with Gasteiger partial charge < -0.3 is 11.1 Å². The SMILES string of the molecule is CC(CF)NC(=N)N. The average molecular weight is 119 g/mol. The molecule has 0 saturated carbocycles. The molecule has 0 rings (SSSR count). The van der Waals surface area contributed by atoms with E-state index >= 15 is 0 Å². The summed E-state index contributed by atoms with van der Waals surface area (Å²) in [6.45, 7) is 1.11. The molecule has 0 spiro atoms. The van der Waals surface area contributed by atoms with Crippen LogP contribution >= 0.6 is 0 Å². The van der Waals surface area contributed by atoms with Crippen LogP contribution in [0.2, 0.25) is 0 Å². The predicted molar refractivity (Wildman–Crippen MR) is 30.5 cm³/mol. The van der Waals surface area contributed by atoms with Crippen LogP contribution in [0.25, 0.3) is 0 Å². The zero-order chi connectivity index (χ0) is 6.57. The van der Waals surface area contributed by atoms with Crippen molar-refractivity contribution in [2.75, 3.05) is 6.67 Å². The fourth-order valence-electron chi connectivity index (χ4n) is 0.304. The Morgan fingerprint density at radius 3 is 2.62 bits per heavy atom. The number of halogens is 1. The Hall–Kier alpha value is -0.800.